The van der Waals surface area contributed by atoms with Crippen LogP contribution in [0.4, 0.5) is 5.69 Å². The second kappa shape index (κ2) is 7.91. The normalized spacial score (nSPS) is 17.5. The number of aliphatic hydroxyl groups is 1. The van der Waals surface area contributed by atoms with E-state index in [2.05, 4.69) is 21.9 Å². The number of amides is 1. The van der Waals surface area contributed by atoms with Crippen LogP contribution in [0, 0.1) is 12.3 Å². The lowest BCUT2D eigenvalue weighted by Gasteiger charge is -2.22. The molecule has 0 radical (unpaired) electrons. The molecule has 1 amide bonds. The summed E-state index contributed by atoms with van der Waals surface area (Å²) in [6.45, 7) is 0.0236. The van der Waals surface area contributed by atoms with Gasteiger partial charge in [0.25, 0.3) is 5.91 Å². The molecule has 0 spiro atoms. The molecule has 0 bridgehead atoms. The number of Topliss-reactive ketones (excluding diaryl/α,β-unsaturated/α-hetero) is 1. The Kier molecular flexibility index (Phi) is 5.29. The molecular weight excluding hydrogens is 442 g/mol. The van der Waals surface area contributed by atoms with Gasteiger partial charge in [0, 0.05) is 15.6 Å². The van der Waals surface area contributed by atoms with Gasteiger partial charge in [-0.3, -0.25) is 14.5 Å². The van der Waals surface area contributed by atoms with E-state index in [1.54, 1.807) is 30.3 Å². The van der Waals surface area contributed by atoms with Crippen molar-refractivity contribution in [1.82, 2.24) is 0 Å². The zero-order valence-corrected chi connectivity index (χ0v) is 17.6. The van der Waals surface area contributed by atoms with Gasteiger partial charge in [-0.05, 0) is 29.3 Å². The molecular formula is C25H18BrNO3. The maximum Gasteiger partial charge on any atom is 0.265 e. The maximum atomic E-state index is 13.0. The molecule has 0 saturated heterocycles. The van der Waals surface area contributed by atoms with Crippen molar-refractivity contribution in [3.63, 3.8) is 0 Å². The highest BCUT2D eigenvalue weighted by Gasteiger charge is 2.50. The van der Waals surface area contributed by atoms with Crippen LogP contribution in [0.25, 0.3) is 11.1 Å². The van der Waals surface area contributed by atoms with Gasteiger partial charge in [-0.15, -0.1) is 6.42 Å². The lowest BCUT2D eigenvalue weighted by molar-refractivity contribution is -0.135. The van der Waals surface area contributed by atoms with Gasteiger partial charge in [-0.2, -0.15) is 0 Å². The Hall–Kier alpha value is -3.20. The van der Waals surface area contributed by atoms with Crippen molar-refractivity contribution in [3.8, 4) is 23.5 Å². The zero-order valence-electron chi connectivity index (χ0n) is 16.0. The molecule has 0 aromatic heterocycles. The largest absolute Gasteiger partial charge is 0.375 e. The number of nitrogens with zero attached hydrogens (tertiary/aromatic N) is 1. The number of anilines is 1. The molecule has 0 fully saturated rings. The third-order valence-electron chi connectivity index (χ3n) is 5.27. The van der Waals surface area contributed by atoms with Crippen LogP contribution >= 0.6 is 15.9 Å². The minimum Gasteiger partial charge on any atom is -0.375 e. The van der Waals surface area contributed by atoms with E-state index in [1.807, 2.05) is 42.5 Å². The van der Waals surface area contributed by atoms with Crippen LogP contribution in [0.5, 0.6) is 0 Å². The zero-order chi connectivity index (χ0) is 21.3. The Morgan fingerprint density at radius 1 is 1.03 bits per heavy atom. The topological polar surface area (TPSA) is 57.6 Å². The van der Waals surface area contributed by atoms with E-state index in [-0.39, 0.29) is 18.7 Å². The van der Waals surface area contributed by atoms with Crippen LogP contribution in [0.2, 0.25) is 0 Å². The van der Waals surface area contributed by atoms with Gasteiger partial charge in [0.1, 0.15) is 0 Å². The molecule has 4 nitrogen and oxygen atoms in total. The highest BCUT2D eigenvalue weighted by molar-refractivity contribution is 9.10. The van der Waals surface area contributed by atoms with Gasteiger partial charge < -0.3 is 5.11 Å². The van der Waals surface area contributed by atoms with Crippen LogP contribution in [-0.2, 0) is 10.4 Å². The average Bonchev–Trinajstić information content (AvgIpc) is 2.96. The van der Waals surface area contributed by atoms with Crippen LogP contribution in [0.15, 0.2) is 77.3 Å². The average molecular weight is 460 g/mol. The first-order chi connectivity index (χ1) is 14.4. The Morgan fingerprint density at radius 2 is 1.70 bits per heavy atom. The highest BCUT2D eigenvalue weighted by Crippen LogP contribution is 2.44. The number of rotatable bonds is 5. The van der Waals surface area contributed by atoms with Crippen molar-refractivity contribution in [2.24, 2.45) is 0 Å². The van der Waals surface area contributed by atoms with Gasteiger partial charge in [-0.1, -0.05) is 76.4 Å². The monoisotopic (exact) mass is 459 g/mol. The second-order valence-electron chi connectivity index (χ2n) is 7.16. The minimum absolute atomic E-state index is 0.0236. The van der Waals surface area contributed by atoms with Crippen LogP contribution < -0.4 is 4.90 Å². The summed E-state index contributed by atoms with van der Waals surface area (Å²) >= 11 is 3.37. The summed E-state index contributed by atoms with van der Waals surface area (Å²) in [6, 6.07) is 22.1. The predicted molar refractivity (Wildman–Crippen MR) is 120 cm³/mol. The van der Waals surface area contributed by atoms with Crippen molar-refractivity contribution in [1.29, 1.82) is 0 Å². The number of halogens is 1. The lowest BCUT2D eigenvalue weighted by atomic mass is 9.88. The number of fused-ring (bicyclic) bond motifs is 1. The van der Waals surface area contributed by atoms with Gasteiger partial charge in [-0.25, -0.2) is 0 Å². The highest BCUT2D eigenvalue weighted by atomic mass is 79.9. The molecule has 3 aromatic carbocycles. The van der Waals surface area contributed by atoms with Crippen LogP contribution in [-0.4, -0.2) is 23.3 Å². The van der Waals surface area contributed by atoms with Crippen LogP contribution in [0.3, 0.4) is 0 Å². The molecule has 5 heteroatoms. The molecule has 1 heterocycles. The molecule has 148 valence electrons. The van der Waals surface area contributed by atoms with Crippen molar-refractivity contribution in [2.75, 3.05) is 11.4 Å². The molecule has 0 aliphatic carbocycles. The SMILES string of the molecule is C#CCN1C(=O)[C@@](O)(CC(=O)c2ccc(-c3ccccc3)cc2)c2cc(Br)ccc21. The number of hydrogen-bond acceptors (Lipinski definition) is 3. The fourth-order valence-electron chi connectivity index (χ4n) is 3.76. The third kappa shape index (κ3) is 3.45. The fraction of sp³-hybridized carbons (Fsp3) is 0.120. The van der Waals surface area contributed by atoms with E-state index in [0.717, 1.165) is 11.1 Å². The number of terminal acetylenes is 1. The van der Waals surface area contributed by atoms with E-state index in [1.165, 1.54) is 4.90 Å². The van der Waals surface area contributed by atoms with Gasteiger partial charge in [0.2, 0.25) is 0 Å². The van der Waals surface area contributed by atoms with E-state index in [4.69, 9.17) is 6.42 Å². The molecule has 3 aromatic rings. The van der Waals surface area contributed by atoms with E-state index >= 15 is 0 Å². The first-order valence-corrected chi connectivity index (χ1v) is 10.2. The number of ketones is 1. The maximum absolute atomic E-state index is 13.0. The molecule has 0 saturated carbocycles. The first-order valence-electron chi connectivity index (χ1n) is 9.40. The lowest BCUT2D eigenvalue weighted by Crippen LogP contribution is -2.42. The van der Waals surface area contributed by atoms with Crippen molar-refractivity contribution >= 4 is 33.3 Å². The van der Waals surface area contributed by atoms with Crippen LogP contribution in [0.1, 0.15) is 22.3 Å². The number of hydrogen-bond donors (Lipinski definition) is 1. The Morgan fingerprint density at radius 3 is 2.37 bits per heavy atom. The number of carbonyl (C=O) groups is 2. The van der Waals surface area contributed by atoms with E-state index in [9.17, 15) is 14.7 Å². The summed E-state index contributed by atoms with van der Waals surface area (Å²) < 4.78 is 0.703. The van der Waals surface area contributed by atoms with Gasteiger partial charge in [0.05, 0.1) is 18.7 Å². The quantitative estimate of drug-likeness (QED) is 0.449. The Balaban J connectivity index is 1.63. The third-order valence-corrected chi connectivity index (χ3v) is 5.77. The predicted octanol–water partition coefficient (Wildman–Crippen LogP) is 4.56. The van der Waals surface area contributed by atoms with Gasteiger partial charge >= 0.3 is 0 Å². The minimum atomic E-state index is -1.95. The summed E-state index contributed by atoms with van der Waals surface area (Å²) in [7, 11) is 0. The summed E-state index contributed by atoms with van der Waals surface area (Å²) in [6.07, 6.45) is 5.04. The molecule has 1 aliphatic rings. The second-order valence-corrected chi connectivity index (χ2v) is 8.08. The number of carbonyl (C=O) groups excluding carboxylic acids is 2. The summed E-state index contributed by atoms with van der Waals surface area (Å²) in [5, 5.41) is 11.3. The molecule has 1 atom stereocenters. The smallest absolute Gasteiger partial charge is 0.265 e. The first kappa shape index (κ1) is 20.1. The summed E-state index contributed by atoms with van der Waals surface area (Å²) in [5.74, 6) is 1.54. The molecule has 1 aliphatic heterocycles. The Labute approximate surface area is 183 Å². The summed E-state index contributed by atoms with van der Waals surface area (Å²) in [4.78, 5) is 27.3. The Bertz CT molecular complexity index is 1170. The van der Waals surface area contributed by atoms with Gasteiger partial charge in [0.15, 0.2) is 11.4 Å². The fourth-order valence-corrected chi connectivity index (χ4v) is 4.12. The van der Waals surface area contributed by atoms with Crippen molar-refractivity contribution in [3.05, 3.63) is 88.4 Å². The molecule has 1 N–H and O–H groups in total. The molecule has 30 heavy (non-hydrogen) atoms. The van der Waals surface area contributed by atoms with E-state index < -0.39 is 11.5 Å². The van der Waals surface area contributed by atoms with E-state index in [0.29, 0.717) is 21.3 Å². The molecule has 0 unspecified atom stereocenters. The summed E-state index contributed by atoms with van der Waals surface area (Å²) in [5.41, 5.74) is 1.41. The standard InChI is InChI=1S/C25H18BrNO3/c1-2-14-27-22-13-12-20(26)15-21(22)25(30,24(27)29)16-23(28)19-10-8-18(9-11-19)17-6-4-3-5-7-17/h1,3-13,15,30H,14,16H2/t25-/m1/s1. The van der Waals surface area contributed by atoms with Crippen molar-refractivity contribution in [2.45, 2.75) is 12.0 Å². The molecule has 4 rings (SSSR count). The van der Waals surface area contributed by atoms with Crippen molar-refractivity contribution < 1.29 is 14.7 Å². The number of benzene rings is 3.